The number of nitrogens with zero attached hydrogens (tertiary/aromatic N) is 3. The molecule has 102 valence electrons. The number of para-hydroxylation sites is 1. The van der Waals surface area contributed by atoms with E-state index in [-0.39, 0.29) is 12.0 Å². The number of carbonyl (C=O) groups is 1. The van der Waals surface area contributed by atoms with E-state index in [4.69, 9.17) is 5.11 Å². The van der Waals surface area contributed by atoms with Crippen LogP contribution in [0.5, 0.6) is 0 Å². The van der Waals surface area contributed by atoms with Gasteiger partial charge >= 0.3 is 0 Å². The molecule has 5 nitrogen and oxygen atoms in total. The summed E-state index contributed by atoms with van der Waals surface area (Å²) in [5, 5.41) is 13.4. The van der Waals surface area contributed by atoms with Crippen molar-refractivity contribution in [3.8, 4) is 5.69 Å². The van der Waals surface area contributed by atoms with Gasteiger partial charge in [-0.05, 0) is 18.2 Å². The molecule has 1 amide bonds. The number of amides is 1. The fourth-order valence-corrected chi connectivity index (χ4v) is 2.05. The van der Waals surface area contributed by atoms with Gasteiger partial charge in [-0.3, -0.25) is 4.79 Å². The van der Waals surface area contributed by atoms with E-state index >= 15 is 0 Å². The van der Waals surface area contributed by atoms with Crippen molar-refractivity contribution in [2.24, 2.45) is 0 Å². The molecule has 1 aliphatic rings. The second kappa shape index (κ2) is 5.30. The van der Waals surface area contributed by atoms with E-state index in [1.165, 1.54) is 6.08 Å². The van der Waals surface area contributed by atoms with Gasteiger partial charge in [-0.15, -0.1) is 0 Å². The highest BCUT2D eigenvalue weighted by molar-refractivity contribution is 5.92. The first-order valence-corrected chi connectivity index (χ1v) is 6.47. The average molecular weight is 269 g/mol. The predicted molar refractivity (Wildman–Crippen MR) is 75.2 cm³/mol. The lowest BCUT2D eigenvalue weighted by molar-refractivity contribution is -0.135. The molecule has 0 saturated carbocycles. The van der Waals surface area contributed by atoms with Crippen LogP contribution in [0.25, 0.3) is 11.8 Å². The van der Waals surface area contributed by atoms with Crippen molar-refractivity contribution < 1.29 is 9.90 Å². The lowest BCUT2D eigenvalue weighted by Gasteiger charge is -2.34. The summed E-state index contributed by atoms with van der Waals surface area (Å²) in [6.07, 6.45) is 6.46. The van der Waals surface area contributed by atoms with Crippen LogP contribution in [0, 0.1) is 0 Å². The number of aromatic nitrogens is 2. The van der Waals surface area contributed by atoms with E-state index in [0.717, 1.165) is 11.3 Å². The van der Waals surface area contributed by atoms with Crippen LogP contribution in [0.4, 0.5) is 0 Å². The summed E-state index contributed by atoms with van der Waals surface area (Å²) >= 11 is 0. The SMILES string of the molecule is O=C(/C=C/c1cnn(-c2ccccc2)c1)N1CC(O)C1. The van der Waals surface area contributed by atoms with Gasteiger partial charge in [0, 0.05) is 30.9 Å². The second-order valence-electron chi connectivity index (χ2n) is 4.78. The summed E-state index contributed by atoms with van der Waals surface area (Å²) < 4.78 is 1.76. The third-order valence-corrected chi connectivity index (χ3v) is 3.22. The van der Waals surface area contributed by atoms with E-state index in [2.05, 4.69) is 5.10 Å². The molecule has 2 heterocycles. The van der Waals surface area contributed by atoms with Gasteiger partial charge in [0.25, 0.3) is 0 Å². The number of rotatable bonds is 3. The van der Waals surface area contributed by atoms with Gasteiger partial charge < -0.3 is 10.0 Å². The highest BCUT2D eigenvalue weighted by Gasteiger charge is 2.26. The Morgan fingerprint density at radius 1 is 1.30 bits per heavy atom. The summed E-state index contributed by atoms with van der Waals surface area (Å²) in [6, 6.07) is 9.78. The molecule has 0 atom stereocenters. The molecule has 0 radical (unpaired) electrons. The van der Waals surface area contributed by atoms with Crippen molar-refractivity contribution in [1.29, 1.82) is 0 Å². The maximum absolute atomic E-state index is 11.7. The number of carbonyl (C=O) groups excluding carboxylic acids is 1. The lowest BCUT2D eigenvalue weighted by Crippen LogP contribution is -2.52. The zero-order valence-corrected chi connectivity index (χ0v) is 10.9. The van der Waals surface area contributed by atoms with E-state index in [1.807, 2.05) is 36.5 Å². The molecule has 0 aliphatic carbocycles. The van der Waals surface area contributed by atoms with E-state index in [9.17, 15) is 4.79 Å². The lowest BCUT2D eigenvalue weighted by atomic mass is 10.1. The summed E-state index contributed by atoms with van der Waals surface area (Å²) in [7, 11) is 0. The number of β-amino-alcohol motifs (C(OH)–C–C–N with tert-alkyl or cyclic N) is 1. The topological polar surface area (TPSA) is 58.4 Å². The Morgan fingerprint density at radius 3 is 2.75 bits per heavy atom. The first kappa shape index (κ1) is 12.6. The molecule has 0 spiro atoms. The van der Waals surface area contributed by atoms with E-state index < -0.39 is 0 Å². The van der Waals surface area contributed by atoms with Crippen molar-refractivity contribution in [2.75, 3.05) is 13.1 Å². The Labute approximate surface area is 116 Å². The normalized spacial score (nSPS) is 15.6. The van der Waals surface area contributed by atoms with Gasteiger partial charge in [0.2, 0.25) is 5.91 Å². The molecule has 5 heteroatoms. The van der Waals surface area contributed by atoms with Crippen molar-refractivity contribution in [3.63, 3.8) is 0 Å². The highest BCUT2D eigenvalue weighted by Crippen LogP contribution is 2.11. The molecular formula is C15H15N3O2. The number of hydrogen-bond donors (Lipinski definition) is 1. The van der Waals surface area contributed by atoms with E-state index in [1.54, 1.807) is 21.9 Å². The van der Waals surface area contributed by atoms with Crippen LogP contribution in [-0.4, -0.2) is 44.9 Å². The molecule has 0 bridgehead atoms. The van der Waals surface area contributed by atoms with Crippen LogP contribution >= 0.6 is 0 Å². The molecule has 1 aromatic heterocycles. The van der Waals surface area contributed by atoms with Crippen LogP contribution < -0.4 is 0 Å². The molecule has 3 rings (SSSR count). The fourth-order valence-electron chi connectivity index (χ4n) is 2.05. The van der Waals surface area contributed by atoms with Crippen molar-refractivity contribution in [3.05, 3.63) is 54.4 Å². The minimum atomic E-state index is -0.367. The minimum Gasteiger partial charge on any atom is -0.389 e. The summed E-state index contributed by atoms with van der Waals surface area (Å²) in [4.78, 5) is 13.3. The first-order chi connectivity index (χ1) is 9.72. The Hall–Kier alpha value is -2.40. The first-order valence-electron chi connectivity index (χ1n) is 6.47. The number of benzene rings is 1. The number of hydrogen-bond acceptors (Lipinski definition) is 3. The maximum atomic E-state index is 11.7. The van der Waals surface area contributed by atoms with Crippen molar-refractivity contribution in [1.82, 2.24) is 14.7 Å². The molecule has 1 saturated heterocycles. The summed E-state index contributed by atoms with van der Waals surface area (Å²) in [5.74, 6) is -0.0808. The van der Waals surface area contributed by atoms with Crippen LogP contribution in [-0.2, 0) is 4.79 Å². The average Bonchev–Trinajstić information content (AvgIpc) is 2.91. The van der Waals surface area contributed by atoms with Crippen LogP contribution in [0.2, 0.25) is 0 Å². The minimum absolute atomic E-state index is 0.0808. The van der Waals surface area contributed by atoms with Gasteiger partial charge in [-0.25, -0.2) is 4.68 Å². The number of aliphatic hydroxyl groups excluding tert-OH is 1. The Kier molecular flexibility index (Phi) is 3.35. The number of aliphatic hydroxyl groups is 1. The van der Waals surface area contributed by atoms with Gasteiger partial charge in [0.1, 0.15) is 0 Å². The molecular weight excluding hydrogens is 254 g/mol. The van der Waals surface area contributed by atoms with Gasteiger partial charge in [0.05, 0.1) is 18.0 Å². The second-order valence-corrected chi connectivity index (χ2v) is 4.78. The molecule has 1 aromatic carbocycles. The van der Waals surface area contributed by atoms with Crippen molar-refractivity contribution >= 4 is 12.0 Å². The fraction of sp³-hybridized carbons (Fsp3) is 0.200. The largest absolute Gasteiger partial charge is 0.389 e. The Bertz CT molecular complexity index is 628. The molecule has 1 N–H and O–H groups in total. The standard InChI is InChI=1S/C15H15N3O2/c19-14-10-17(11-14)15(20)7-6-12-8-16-18(9-12)13-4-2-1-3-5-13/h1-9,14,19H,10-11H2/b7-6+. The monoisotopic (exact) mass is 269 g/mol. The van der Waals surface area contributed by atoms with Crippen LogP contribution in [0.3, 0.4) is 0 Å². The van der Waals surface area contributed by atoms with Gasteiger partial charge in [-0.1, -0.05) is 18.2 Å². The third kappa shape index (κ3) is 2.62. The summed E-state index contributed by atoms with van der Waals surface area (Å²) in [6.45, 7) is 0.846. The van der Waals surface area contributed by atoms with Crippen molar-refractivity contribution in [2.45, 2.75) is 6.10 Å². The van der Waals surface area contributed by atoms with Crippen LogP contribution in [0.15, 0.2) is 48.8 Å². The molecule has 1 aliphatic heterocycles. The maximum Gasteiger partial charge on any atom is 0.246 e. The molecule has 0 unspecified atom stereocenters. The predicted octanol–water partition coefficient (Wildman–Crippen LogP) is 1.09. The van der Waals surface area contributed by atoms with Gasteiger partial charge in [0.15, 0.2) is 0 Å². The molecule has 1 fully saturated rings. The van der Waals surface area contributed by atoms with E-state index in [0.29, 0.717) is 13.1 Å². The zero-order valence-electron chi connectivity index (χ0n) is 10.9. The third-order valence-electron chi connectivity index (χ3n) is 3.22. The Balaban J connectivity index is 1.67. The Morgan fingerprint density at radius 2 is 2.05 bits per heavy atom. The summed E-state index contributed by atoms with van der Waals surface area (Å²) in [5.41, 5.74) is 1.84. The smallest absolute Gasteiger partial charge is 0.246 e. The molecule has 20 heavy (non-hydrogen) atoms. The number of likely N-dealkylation sites (tertiary alicyclic amines) is 1. The van der Waals surface area contributed by atoms with Crippen LogP contribution in [0.1, 0.15) is 5.56 Å². The molecule has 2 aromatic rings. The zero-order chi connectivity index (χ0) is 13.9. The highest BCUT2D eigenvalue weighted by atomic mass is 16.3. The quantitative estimate of drug-likeness (QED) is 0.849. The van der Waals surface area contributed by atoms with Gasteiger partial charge in [-0.2, -0.15) is 5.10 Å².